The Balaban J connectivity index is 1.47. The molecule has 9 nitrogen and oxygen atoms in total. The highest BCUT2D eigenvalue weighted by molar-refractivity contribution is 7.89. The number of hydrogen-bond donors (Lipinski definition) is 0. The lowest BCUT2D eigenvalue weighted by molar-refractivity contribution is 0.0474. The number of aryl methyl sites for hydroxylation is 1. The van der Waals surface area contributed by atoms with Crippen LogP contribution in [0.25, 0.3) is 0 Å². The number of nitrogens with zero attached hydrogens (tertiary/aromatic N) is 2. The van der Waals surface area contributed by atoms with Gasteiger partial charge in [-0.25, -0.2) is 13.2 Å². The quantitative estimate of drug-likeness (QED) is 0.356. The lowest BCUT2D eigenvalue weighted by Crippen LogP contribution is -2.32. The Hall–Kier alpha value is -2.69. The van der Waals surface area contributed by atoms with Crippen molar-refractivity contribution < 1.29 is 32.2 Å². The number of Topliss-reactive ketones (excluding diaryl/α,β-unsaturated/α-hetero) is 1. The second-order valence-electron chi connectivity index (χ2n) is 9.71. The van der Waals surface area contributed by atoms with Gasteiger partial charge in [-0.3, -0.25) is 4.79 Å². The molecule has 37 heavy (non-hydrogen) atoms. The number of ether oxygens (including phenoxy) is 3. The summed E-state index contributed by atoms with van der Waals surface area (Å²) in [5.74, 6) is -0.919. The van der Waals surface area contributed by atoms with Gasteiger partial charge in [-0.05, 0) is 63.8 Å². The summed E-state index contributed by atoms with van der Waals surface area (Å²) < 4.78 is 46.6. The molecule has 2 aliphatic heterocycles. The molecule has 1 atom stereocenters. The van der Waals surface area contributed by atoms with E-state index in [0.717, 1.165) is 56.5 Å². The topological polar surface area (TPSA) is 104 Å². The second kappa shape index (κ2) is 11.8. The van der Waals surface area contributed by atoms with Crippen LogP contribution in [0.4, 0.5) is 0 Å². The molecule has 2 fully saturated rings. The smallest absolute Gasteiger partial charge is 0.338 e. The number of benzene rings is 1. The van der Waals surface area contributed by atoms with Crippen LogP contribution in [0.3, 0.4) is 0 Å². The normalized spacial score (nSPS) is 18.9. The SMILES string of the molecule is COc1ccc(C(=O)OCC(=O)c2cc(C)n(CC3CCCO3)c2C)cc1S(=O)(=O)N1CCCCCC1. The minimum absolute atomic E-state index is 0.0471. The maximum atomic E-state index is 13.4. The van der Waals surface area contributed by atoms with E-state index in [9.17, 15) is 18.0 Å². The zero-order valence-corrected chi connectivity index (χ0v) is 22.6. The molecule has 1 aromatic heterocycles. The third kappa shape index (κ3) is 6.08. The Morgan fingerprint density at radius 2 is 1.78 bits per heavy atom. The van der Waals surface area contributed by atoms with E-state index < -0.39 is 22.6 Å². The van der Waals surface area contributed by atoms with E-state index in [1.54, 1.807) is 6.07 Å². The monoisotopic (exact) mass is 532 g/mol. The number of sulfonamides is 1. The van der Waals surface area contributed by atoms with Crippen molar-refractivity contribution >= 4 is 21.8 Å². The summed E-state index contributed by atoms with van der Waals surface area (Å²) in [4.78, 5) is 25.7. The first-order chi connectivity index (χ1) is 17.7. The summed E-state index contributed by atoms with van der Waals surface area (Å²) in [7, 11) is -2.46. The molecule has 0 aliphatic carbocycles. The number of ketones is 1. The molecule has 0 bridgehead atoms. The van der Waals surface area contributed by atoms with Crippen molar-refractivity contribution in [1.82, 2.24) is 8.87 Å². The van der Waals surface area contributed by atoms with Crippen molar-refractivity contribution in [1.29, 1.82) is 0 Å². The summed E-state index contributed by atoms with van der Waals surface area (Å²) >= 11 is 0. The van der Waals surface area contributed by atoms with E-state index in [-0.39, 0.29) is 28.1 Å². The molecule has 202 valence electrons. The molecule has 2 aromatic rings. The Morgan fingerprint density at radius 1 is 1.05 bits per heavy atom. The van der Waals surface area contributed by atoms with Crippen LogP contribution in [0.5, 0.6) is 5.75 Å². The third-order valence-corrected chi connectivity index (χ3v) is 9.12. The summed E-state index contributed by atoms with van der Waals surface area (Å²) in [6.45, 7) is 5.68. The van der Waals surface area contributed by atoms with Gasteiger partial charge in [0.05, 0.1) is 18.8 Å². The highest BCUT2D eigenvalue weighted by Crippen LogP contribution is 2.30. The van der Waals surface area contributed by atoms with E-state index in [1.165, 1.54) is 29.6 Å². The lowest BCUT2D eigenvalue weighted by atomic mass is 10.1. The zero-order chi connectivity index (χ0) is 26.6. The molecular formula is C27H36N2O7S. The van der Waals surface area contributed by atoms with E-state index in [0.29, 0.717) is 25.2 Å². The van der Waals surface area contributed by atoms with Crippen molar-refractivity contribution in [2.75, 3.05) is 33.4 Å². The fourth-order valence-corrected chi connectivity index (χ4v) is 6.77. The molecule has 0 radical (unpaired) electrons. The molecule has 10 heteroatoms. The Morgan fingerprint density at radius 3 is 2.43 bits per heavy atom. The molecule has 0 amide bonds. The number of hydrogen-bond acceptors (Lipinski definition) is 7. The van der Waals surface area contributed by atoms with Gasteiger partial charge in [0, 0.05) is 43.2 Å². The predicted molar refractivity (Wildman–Crippen MR) is 138 cm³/mol. The number of rotatable bonds is 9. The number of esters is 1. The van der Waals surface area contributed by atoms with Gasteiger partial charge in [-0.2, -0.15) is 4.31 Å². The van der Waals surface area contributed by atoms with Gasteiger partial charge in [0.2, 0.25) is 15.8 Å². The molecular weight excluding hydrogens is 496 g/mol. The van der Waals surface area contributed by atoms with E-state index in [1.807, 2.05) is 13.8 Å². The molecule has 2 aliphatic rings. The van der Waals surface area contributed by atoms with Gasteiger partial charge in [-0.1, -0.05) is 12.8 Å². The van der Waals surface area contributed by atoms with Gasteiger partial charge in [0.15, 0.2) is 6.61 Å². The largest absolute Gasteiger partial charge is 0.495 e. The molecule has 2 saturated heterocycles. The van der Waals surface area contributed by atoms with Crippen molar-refractivity contribution in [3.05, 3.63) is 46.8 Å². The summed E-state index contributed by atoms with van der Waals surface area (Å²) in [5, 5.41) is 0. The fraction of sp³-hybridized carbons (Fsp3) is 0.556. The van der Waals surface area contributed by atoms with Crippen LogP contribution >= 0.6 is 0 Å². The van der Waals surface area contributed by atoms with Crippen LogP contribution in [0.15, 0.2) is 29.2 Å². The summed E-state index contributed by atoms with van der Waals surface area (Å²) in [6.07, 6.45) is 5.73. The van der Waals surface area contributed by atoms with Gasteiger partial charge in [-0.15, -0.1) is 0 Å². The molecule has 3 heterocycles. The predicted octanol–water partition coefficient (Wildman–Crippen LogP) is 3.90. The Labute approximate surface area is 218 Å². The zero-order valence-electron chi connectivity index (χ0n) is 21.8. The minimum atomic E-state index is -3.86. The average Bonchev–Trinajstić information content (AvgIpc) is 3.39. The number of aromatic nitrogens is 1. The van der Waals surface area contributed by atoms with Crippen LogP contribution in [0, 0.1) is 13.8 Å². The van der Waals surface area contributed by atoms with E-state index in [2.05, 4.69) is 4.57 Å². The second-order valence-corrected chi connectivity index (χ2v) is 11.6. The number of carbonyl (C=O) groups excluding carboxylic acids is 2. The molecule has 0 saturated carbocycles. The van der Waals surface area contributed by atoms with Crippen LogP contribution in [-0.2, 0) is 26.0 Å². The van der Waals surface area contributed by atoms with Crippen molar-refractivity contribution in [2.24, 2.45) is 0 Å². The van der Waals surface area contributed by atoms with Crippen LogP contribution in [-0.4, -0.2) is 68.6 Å². The summed E-state index contributed by atoms with van der Waals surface area (Å²) in [5.41, 5.74) is 2.30. The first kappa shape index (κ1) is 27.3. The Bertz CT molecular complexity index is 1240. The van der Waals surface area contributed by atoms with Gasteiger partial charge in [0.1, 0.15) is 10.6 Å². The van der Waals surface area contributed by atoms with E-state index >= 15 is 0 Å². The molecule has 1 aromatic carbocycles. The van der Waals surface area contributed by atoms with Gasteiger partial charge in [0.25, 0.3) is 0 Å². The van der Waals surface area contributed by atoms with Crippen molar-refractivity contribution in [2.45, 2.75) is 69.9 Å². The lowest BCUT2D eigenvalue weighted by Gasteiger charge is -2.21. The standard InChI is InChI=1S/C27H36N2O7S/c1-19-15-23(20(2)29(19)17-22-9-8-14-35-22)24(30)18-36-27(31)21-10-11-25(34-3)26(16-21)37(32,33)28-12-6-4-5-7-13-28/h10-11,15-16,22H,4-9,12-14,17-18H2,1-3H3. The summed E-state index contributed by atoms with van der Waals surface area (Å²) in [6, 6.07) is 5.97. The maximum absolute atomic E-state index is 13.4. The highest BCUT2D eigenvalue weighted by atomic mass is 32.2. The first-order valence-corrected chi connectivity index (χ1v) is 14.3. The average molecular weight is 533 g/mol. The van der Waals surface area contributed by atoms with Crippen molar-refractivity contribution in [3.8, 4) is 5.75 Å². The molecule has 1 unspecified atom stereocenters. The highest BCUT2D eigenvalue weighted by Gasteiger charge is 2.30. The number of methoxy groups -OCH3 is 1. The van der Waals surface area contributed by atoms with Crippen LogP contribution < -0.4 is 4.74 Å². The maximum Gasteiger partial charge on any atom is 0.338 e. The van der Waals surface area contributed by atoms with Gasteiger partial charge >= 0.3 is 5.97 Å². The molecule has 0 spiro atoms. The molecule has 4 rings (SSSR count). The molecule has 0 N–H and O–H groups in total. The Kier molecular flexibility index (Phi) is 8.71. The minimum Gasteiger partial charge on any atom is -0.495 e. The van der Waals surface area contributed by atoms with Crippen molar-refractivity contribution in [3.63, 3.8) is 0 Å². The van der Waals surface area contributed by atoms with Crippen LogP contribution in [0.2, 0.25) is 0 Å². The van der Waals surface area contributed by atoms with Gasteiger partial charge < -0.3 is 18.8 Å². The fourth-order valence-electron chi connectivity index (χ4n) is 5.07. The van der Waals surface area contributed by atoms with E-state index in [4.69, 9.17) is 14.2 Å². The number of carbonyl (C=O) groups is 2. The van der Waals surface area contributed by atoms with Crippen LogP contribution in [0.1, 0.15) is 70.6 Å². The first-order valence-electron chi connectivity index (χ1n) is 12.9. The third-order valence-electron chi connectivity index (χ3n) is 7.20.